The predicted molar refractivity (Wildman–Crippen MR) is 121 cm³/mol. The van der Waals surface area contributed by atoms with E-state index >= 15 is 0 Å². The minimum Gasteiger partial charge on any atom is -0.380 e. The molecule has 2 aromatic carbocycles. The van der Waals surface area contributed by atoms with Crippen LogP contribution in [0.2, 0.25) is 10.0 Å². The number of benzene rings is 2. The number of fused-ring (bicyclic) bond motifs is 1. The van der Waals surface area contributed by atoms with Crippen molar-refractivity contribution < 1.29 is 13.2 Å². The van der Waals surface area contributed by atoms with Crippen molar-refractivity contribution in [2.75, 3.05) is 5.32 Å². The van der Waals surface area contributed by atoms with E-state index in [2.05, 4.69) is 10.3 Å². The minimum absolute atomic E-state index is 0.235. The van der Waals surface area contributed by atoms with E-state index < -0.39 is 11.7 Å². The molecule has 0 radical (unpaired) electrons. The quantitative estimate of drug-likeness (QED) is 0.363. The maximum Gasteiger partial charge on any atom is 0.416 e. The summed E-state index contributed by atoms with van der Waals surface area (Å²) in [6.45, 7) is 0.235. The summed E-state index contributed by atoms with van der Waals surface area (Å²) in [5.41, 5.74) is 1.57. The number of rotatable bonds is 4. The highest BCUT2D eigenvalue weighted by atomic mass is 35.5. The topological polar surface area (TPSA) is 46.9 Å². The van der Waals surface area contributed by atoms with E-state index in [1.165, 1.54) is 16.7 Å². The average molecular weight is 478 g/mol. The van der Waals surface area contributed by atoms with E-state index in [4.69, 9.17) is 23.2 Å². The number of nitrogens with one attached hydrogen (secondary N) is 1. The summed E-state index contributed by atoms with van der Waals surface area (Å²) in [5, 5.41) is 4.39. The summed E-state index contributed by atoms with van der Waals surface area (Å²) in [6.07, 6.45) is -1.14. The van der Waals surface area contributed by atoms with Crippen molar-refractivity contribution in [2.24, 2.45) is 7.05 Å². The van der Waals surface area contributed by atoms with Crippen LogP contribution in [0.15, 0.2) is 65.7 Å². The maximum absolute atomic E-state index is 13.0. The van der Waals surface area contributed by atoms with Gasteiger partial charge in [0.05, 0.1) is 32.4 Å². The summed E-state index contributed by atoms with van der Waals surface area (Å²) in [5.74, 6) is 0. The van der Waals surface area contributed by atoms with Crippen LogP contribution in [-0.4, -0.2) is 9.55 Å². The van der Waals surface area contributed by atoms with Crippen LogP contribution in [0.4, 0.5) is 18.9 Å². The largest absolute Gasteiger partial charge is 0.416 e. The van der Waals surface area contributed by atoms with Crippen LogP contribution in [0.1, 0.15) is 11.1 Å². The van der Waals surface area contributed by atoms with E-state index in [1.54, 1.807) is 43.7 Å². The Balaban J connectivity index is 1.69. The van der Waals surface area contributed by atoms with Crippen LogP contribution in [0, 0.1) is 0 Å². The Hall–Kier alpha value is -3.03. The molecule has 32 heavy (non-hydrogen) atoms. The van der Waals surface area contributed by atoms with Gasteiger partial charge < -0.3 is 9.88 Å². The van der Waals surface area contributed by atoms with Gasteiger partial charge in [-0.25, -0.2) is 0 Å². The fraction of sp³-hybridized carbons (Fsp3) is 0.130. The molecule has 1 N–H and O–H groups in total. The third-order valence-electron chi connectivity index (χ3n) is 5.15. The van der Waals surface area contributed by atoms with Crippen LogP contribution in [0.3, 0.4) is 0 Å². The van der Waals surface area contributed by atoms with Gasteiger partial charge in [0.15, 0.2) is 0 Å². The van der Waals surface area contributed by atoms with Crippen LogP contribution in [0.25, 0.3) is 22.0 Å². The normalized spacial score (nSPS) is 11.7. The lowest BCUT2D eigenvalue weighted by Gasteiger charge is -2.15. The van der Waals surface area contributed by atoms with Gasteiger partial charge in [-0.1, -0.05) is 35.3 Å². The van der Waals surface area contributed by atoms with Gasteiger partial charge in [0.2, 0.25) is 0 Å². The number of aryl methyl sites for hydroxylation is 1. The fourth-order valence-corrected chi connectivity index (χ4v) is 4.09. The Morgan fingerprint density at radius 3 is 2.47 bits per heavy atom. The number of aromatic nitrogens is 2. The van der Waals surface area contributed by atoms with Gasteiger partial charge in [-0.15, -0.1) is 0 Å². The SMILES string of the molecule is Cn1c(=O)c(-c2c(Cl)ccc(NCc3ccc(C(F)(F)F)cc3)c2Cl)cc2cnccc21. The fourth-order valence-electron chi connectivity index (χ4n) is 3.45. The number of alkyl halides is 3. The second-order valence-electron chi connectivity index (χ2n) is 7.19. The number of anilines is 1. The molecule has 0 unspecified atom stereocenters. The van der Waals surface area contributed by atoms with Crippen LogP contribution in [-0.2, 0) is 19.8 Å². The van der Waals surface area contributed by atoms with E-state index in [1.807, 2.05) is 0 Å². The van der Waals surface area contributed by atoms with Crippen molar-refractivity contribution >= 4 is 39.8 Å². The van der Waals surface area contributed by atoms with Gasteiger partial charge in [0.1, 0.15) is 0 Å². The molecule has 4 nitrogen and oxygen atoms in total. The minimum atomic E-state index is -4.39. The molecule has 0 fully saturated rings. The molecule has 164 valence electrons. The molecule has 0 aliphatic heterocycles. The summed E-state index contributed by atoms with van der Waals surface area (Å²) >= 11 is 13.0. The lowest BCUT2D eigenvalue weighted by atomic mass is 10.0. The average Bonchev–Trinajstić information content (AvgIpc) is 2.76. The molecule has 0 aliphatic carbocycles. The molecule has 0 aliphatic rings. The maximum atomic E-state index is 13.0. The molecule has 2 heterocycles. The molecule has 0 amide bonds. The Labute approximate surface area is 191 Å². The first kappa shape index (κ1) is 22.2. The van der Waals surface area contributed by atoms with E-state index in [0.29, 0.717) is 27.4 Å². The smallest absolute Gasteiger partial charge is 0.380 e. The van der Waals surface area contributed by atoms with Crippen LogP contribution in [0.5, 0.6) is 0 Å². The monoisotopic (exact) mass is 477 g/mol. The number of pyridine rings is 2. The number of hydrogen-bond donors (Lipinski definition) is 1. The zero-order valence-electron chi connectivity index (χ0n) is 16.7. The van der Waals surface area contributed by atoms with Crippen molar-refractivity contribution in [3.05, 3.63) is 92.5 Å². The highest BCUT2D eigenvalue weighted by molar-refractivity contribution is 6.41. The molecular weight excluding hydrogens is 462 g/mol. The lowest BCUT2D eigenvalue weighted by Crippen LogP contribution is -2.19. The molecule has 0 spiro atoms. The van der Waals surface area contributed by atoms with E-state index in [-0.39, 0.29) is 17.1 Å². The van der Waals surface area contributed by atoms with Crippen molar-refractivity contribution in [2.45, 2.75) is 12.7 Å². The van der Waals surface area contributed by atoms with Crippen molar-refractivity contribution in [1.82, 2.24) is 9.55 Å². The molecule has 4 rings (SSSR count). The number of halogens is 5. The summed E-state index contributed by atoms with van der Waals surface area (Å²) < 4.78 is 39.7. The van der Waals surface area contributed by atoms with E-state index in [0.717, 1.165) is 23.0 Å². The number of hydrogen-bond acceptors (Lipinski definition) is 3. The van der Waals surface area contributed by atoms with Crippen molar-refractivity contribution in [3.8, 4) is 11.1 Å². The predicted octanol–water partition coefficient (Wildman–Crippen LogP) is 6.54. The lowest BCUT2D eigenvalue weighted by molar-refractivity contribution is -0.137. The zero-order valence-corrected chi connectivity index (χ0v) is 18.2. The van der Waals surface area contributed by atoms with E-state index in [9.17, 15) is 18.0 Å². The molecular formula is C23H16Cl2F3N3O. The van der Waals surface area contributed by atoms with Gasteiger partial charge in [0, 0.05) is 36.9 Å². The van der Waals surface area contributed by atoms with Gasteiger partial charge >= 0.3 is 6.18 Å². The molecule has 0 saturated heterocycles. The Bertz CT molecular complexity index is 1370. The Morgan fingerprint density at radius 1 is 1.06 bits per heavy atom. The Morgan fingerprint density at radius 2 is 1.78 bits per heavy atom. The first-order chi connectivity index (χ1) is 15.2. The van der Waals surface area contributed by atoms with Gasteiger partial charge in [-0.2, -0.15) is 13.2 Å². The summed E-state index contributed by atoms with van der Waals surface area (Å²) in [6, 6.07) is 11.6. The van der Waals surface area contributed by atoms with Crippen LogP contribution < -0.4 is 10.9 Å². The molecule has 4 aromatic rings. The molecule has 2 aromatic heterocycles. The molecule has 9 heteroatoms. The third kappa shape index (κ3) is 4.18. The standard InChI is InChI=1S/C23H16Cl2F3N3O/c1-31-19-8-9-29-12-14(19)10-16(22(31)32)20-17(24)6-7-18(21(20)25)30-11-13-2-4-15(5-3-13)23(26,27)28/h2-10,12,30H,11H2,1H3. The molecule has 0 saturated carbocycles. The molecule has 0 atom stereocenters. The van der Waals surface area contributed by atoms with Crippen molar-refractivity contribution in [3.63, 3.8) is 0 Å². The first-order valence-corrected chi connectivity index (χ1v) is 10.2. The highest BCUT2D eigenvalue weighted by Gasteiger charge is 2.29. The van der Waals surface area contributed by atoms with Crippen LogP contribution >= 0.6 is 23.2 Å². The zero-order chi connectivity index (χ0) is 23.0. The summed E-state index contributed by atoms with van der Waals surface area (Å²) in [4.78, 5) is 17.1. The van der Waals surface area contributed by atoms with Gasteiger partial charge in [-0.05, 0) is 42.0 Å². The Kier molecular flexibility index (Phi) is 5.88. The highest BCUT2D eigenvalue weighted by Crippen LogP contribution is 2.39. The number of nitrogens with zero attached hydrogens (tertiary/aromatic N) is 2. The van der Waals surface area contributed by atoms with Gasteiger partial charge in [-0.3, -0.25) is 9.78 Å². The third-order valence-corrected chi connectivity index (χ3v) is 5.86. The second-order valence-corrected chi connectivity index (χ2v) is 7.97. The second kappa shape index (κ2) is 8.48. The first-order valence-electron chi connectivity index (χ1n) is 9.49. The van der Waals surface area contributed by atoms with Gasteiger partial charge in [0.25, 0.3) is 5.56 Å². The summed E-state index contributed by atoms with van der Waals surface area (Å²) in [7, 11) is 1.66. The van der Waals surface area contributed by atoms with Crippen molar-refractivity contribution in [1.29, 1.82) is 0 Å². The molecule has 0 bridgehead atoms.